The van der Waals surface area contributed by atoms with Gasteiger partial charge in [0, 0.05) is 23.3 Å². The Labute approximate surface area is 148 Å². The molecule has 0 saturated heterocycles. The molecule has 0 aliphatic heterocycles. The summed E-state index contributed by atoms with van der Waals surface area (Å²) in [4.78, 5) is 13.5. The second-order valence-electron chi connectivity index (χ2n) is 5.41. The predicted molar refractivity (Wildman–Crippen MR) is 102 cm³/mol. The minimum absolute atomic E-state index is 0.678. The van der Waals surface area contributed by atoms with Crippen LogP contribution in [0.15, 0.2) is 48.1 Å². The molecule has 3 heterocycles. The normalized spacial score (nSPS) is 11.0. The van der Waals surface area contributed by atoms with Crippen LogP contribution in [0.4, 0.5) is 5.13 Å². The lowest BCUT2D eigenvalue weighted by molar-refractivity contribution is 1.07. The Morgan fingerprint density at radius 3 is 2.96 bits per heavy atom. The van der Waals surface area contributed by atoms with E-state index in [0.29, 0.717) is 6.54 Å². The molecule has 24 heavy (non-hydrogen) atoms. The summed E-state index contributed by atoms with van der Waals surface area (Å²) in [5.74, 6) is 0. The van der Waals surface area contributed by atoms with Crippen molar-refractivity contribution < 1.29 is 0 Å². The summed E-state index contributed by atoms with van der Waals surface area (Å²) in [5, 5.41) is 7.41. The summed E-state index contributed by atoms with van der Waals surface area (Å²) >= 11 is 3.33. The van der Waals surface area contributed by atoms with Gasteiger partial charge < -0.3 is 5.32 Å². The van der Waals surface area contributed by atoms with E-state index in [2.05, 4.69) is 50.8 Å². The molecule has 0 aliphatic rings. The number of pyridine rings is 1. The molecule has 0 unspecified atom stereocenters. The standard InChI is InChI=1S/C18H16N4S2/c1-2-12-5-6-15-16(8-12)24-18(22-15)20-10-14-11-23-17(21-14)13-4-3-7-19-9-13/h3-9,11H,2,10H2,1H3,(H,20,22). The van der Waals surface area contributed by atoms with Crippen molar-refractivity contribution in [3.05, 3.63) is 59.4 Å². The van der Waals surface area contributed by atoms with Crippen LogP contribution in [-0.4, -0.2) is 15.0 Å². The van der Waals surface area contributed by atoms with Gasteiger partial charge in [0.15, 0.2) is 5.13 Å². The van der Waals surface area contributed by atoms with Gasteiger partial charge in [0.25, 0.3) is 0 Å². The van der Waals surface area contributed by atoms with Crippen molar-refractivity contribution in [2.24, 2.45) is 0 Å². The Hall–Kier alpha value is -2.31. The molecule has 0 radical (unpaired) electrons. The molecule has 0 atom stereocenters. The predicted octanol–water partition coefficient (Wildman–Crippen LogP) is 4.99. The molecular weight excluding hydrogens is 336 g/mol. The third-order valence-corrected chi connectivity index (χ3v) is 5.66. The van der Waals surface area contributed by atoms with E-state index in [1.807, 2.05) is 18.3 Å². The molecule has 3 aromatic heterocycles. The molecule has 4 aromatic rings. The highest BCUT2D eigenvalue weighted by Gasteiger charge is 2.07. The van der Waals surface area contributed by atoms with Crippen LogP contribution >= 0.6 is 22.7 Å². The van der Waals surface area contributed by atoms with Gasteiger partial charge in [-0.15, -0.1) is 11.3 Å². The van der Waals surface area contributed by atoms with Gasteiger partial charge in [-0.25, -0.2) is 9.97 Å². The Kier molecular flexibility index (Phi) is 4.23. The maximum Gasteiger partial charge on any atom is 0.184 e. The zero-order valence-electron chi connectivity index (χ0n) is 13.2. The number of nitrogens with zero attached hydrogens (tertiary/aromatic N) is 3. The topological polar surface area (TPSA) is 50.7 Å². The van der Waals surface area contributed by atoms with Crippen molar-refractivity contribution in [1.29, 1.82) is 0 Å². The summed E-state index contributed by atoms with van der Waals surface area (Å²) < 4.78 is 1.23. The van der Waals surface area contributed by atoms with Crippen LogP contribution in [0, 0.1) is 0 Å². The number of fused-ring (bicyclic) bond motifs is 1. The van der Waals surface area contributed by atoms with Gasteiger partial charge in [0.1, 0.15) is 5.01 Å². The molecule has 6 heteroatoms. The largest absolute Gasteiger partial charge is 0.356 e. The monoisotopic (exact) mass is 352 g/mol. The van der Waals surface area contributed by atoms with E-state index in [-0.39, 0.29) is 0 Å². The van der Waals surface area contributed by atoms with Gasteiger partial charge >= 0.3 is 0 Å². The SMILES string of the molecule is CCc1ccc2nc(NCc3csc(-c4cccnc4)n3)sc2c1. The number of thiazole rings is 2. The van der Waals surface area contributed by atoms with Crippen molar-refractivity contribution in [2.75, 3.05) is 5.32 Å². The van der Waals surface area contributed by atoms with Gasteiger partial charge in [-0.05, 0) is 36.2 Å². The third-order valence-electron chi connectivity index (χ3n) is 3.74. The van der Waals surface area contributed by atoms with Crippen molar-refractivity contribution in [3.63, 3.8) is 0 Å². The molecule has 4 nitrogen and oxygen atoms in total. The first-order valence-corrected chi connectivity index (χ1v) is 9.49. The number of hydrogen-bond donors (Lipinski definition) is 1. The Morgan fingerprint density at radius 1 is 1.17 bits per heavy atom. The summed E-state index contributed by atoms with van der Waals surface area (Å²) in [6.45, 7) is 2.85. The summed E-state index contributed by atoms with van der Waals surface area (Å²) in [6, 6.07) is 10.4. The van der Waals surface area contributed by atoms with Gasteiger partial charge in [0.05, 0.1) is 22.5 Å². The van der Waals surface area contributed by atoms with Crippen LogP contribution < -0.4 is 5.32 Å². The maximum absolute atomic E-state index is 4.67. The summed E-state index contributed by atoms with van der Waals surface area (Å²) in [5.41, 5.74) is 4.47. The average Bonchev–Trinajstić information content (AvgIpc) is 3.26. The fraction of sp³-hybridized carbons (Fsp3) is 0.167. The highest BCUT2D eigenvalue weighted by atomic mass is 32.1. The lowest BCUT2D eigenvalue weighted by atomic mass is 10.2. The number of benzene rings is 1. The minimum atomic E-state index is 0.678. The summed E-state index contributed by atoms with van der Waals surface area (Å²) in [7, 11) is 0. The van der Waals surface area contributed by atoms with E-state index in [1.54, 1.807) is 28.9 Å². The number of aromatic nitrogens is 3. The fourth-order valence-corrected chi connectivity index (χ4v) is 4.18. The first-order valence-electron chi connectivity index (χ1n) is 7.80. The lowest BCUT2D eigenvalue weighted by Crippen LogP contribution is -1.98. The number of anilines is 1. The van der Waals surface area contributed by atoms with Gasteiger partial charge in [-0.2, -0.15) is 0 Å². The summed E-state index contributed by atoms with van der Waals surface area (Å²) in [6.07, 6.45) is 4.66. The fourth-order valence-electron chi connectivity index (χ4n) is 2.44. The zero-order valence-corrected chi connectivity index (χ0v) is 14.8. The first kappa shape index (κ1) is 15.2. The molecule has 0 fully saturated rings. The van der Waals surface area contributed by atoms with E-state index in [0.717, 1.165) is 33.3 Å². The Morgan fingerprint density at radius 2 is 2.12 bits per heavy atom. The molecule has 0 bridgehead atoms. The quantitative estimate of drug-likeness (QED) is 0.550. The minimum Gasteiger partial charge on any atom is -0.356 e. The van der Waals surface area contributed by atoms with E-state index in [9.17, 15) is 0 Å². The molecule has 4 rings (SSSR count). The number of hydrogen-bond acceptors (Lipinski definition) is 6. The third kappa shape index (κ3) is 3.16. The molecule has 0 aliphatic carbocycles. The van der Waals surface area contributed by atoms with Gasteiger partial charge in [-0.3, -0.25) is 4.98 Å². The van der Waals surface area contributed by atoms with Crippen molar-refractivity contribution in [3.8, 4) is 10.6 Å². The molecule has 1 N–H and O–H groups in total. The average molecular weight is 352 g/mol. The van der Waals surface area contributed by atoms with Gasteiger partial charge in [0.2, 0.25) is 0 Å². The second kappa shape index (κ2) is 6.67. The van der Waals surface area contributed by atoms with Crippen LogP contribution in [0.25, 0.3) is 20.8 Å². The number of aryl methyl sites for hydroxylation is 1. The molecule has 120 valence electrons. The van der Waals surface area contributed by atoms with Crippen LogP contribution in [0.1, 0.15) is 18.2 Å². The van der Waals surface area contributed by atoms with Gasteiger partial charge in [-0.1, -0.05) is 24.3 Å². The van der Waals surface area contributed by atoms with E-state index < -0.39 is 0 Å². The smallest absolute Gasteiger partial charge is 0.184 e. The maximum atomic E-state index is 4.67. The van der Waals surface area contributed by atoms with Crippen molar-refractivity contribution in [1.82, 2.24) is 15.0 Å². The van der Waals surface area contributed by atoms with Crippen LogP contribution in [-0.2, 0) is 13.0 Å². The van der Waals surface area contributed by atoms with E-state index in [1.165, 1.54) is 10.3 Å². The lowest BCUT2D eigenvalue weighted by Gasteiger charge is -1.98. The Balaban J connectivity index is 1.48. The highest BCUT2D eigenvalue weighted by Crippen LogP contribution is 2.28. The highest BCUT2D eigenvalue weighted by molar-refractivity contribution is 7.22. The first-order chi connectivity index (χ1) is 11.8. The van der Waals surface area contributed by atoms with E-state index in [4.69, 9.17) is 0 Å². The van der Waals surface area contributed by atoms with Crippen LogP contribution in [0.5, 0.6) is 0 Å². The molecule has 0 saturated carbocycles. The molecular formula is C18H16N4S2. The molecule has 0 amide bonds. The second-order valence-corrected chi connectivity index (χ2v) is 7.30. The Bertz CT molecular complexity index is 959. The number of nitrogens with one attached hydrogen (secondary N) is 1. The van der Waals surface area contributed by atoms with E-state index >= 15 is 0 Å². The van der Waals surface area contributed by atoms with Crippen LogP contribution in [0.3, 0.4) is 0 Å². The number of rotatable bonds is 5. The zero-order chi connectivity index (χ0) is 16.4. The molecule has 0 spiro atoms. The van der Waals surface area contributed by atoms with Crippen LogP contribution in [0.2, 0.25) is 0 Å². The van der Waals surface area contributed by atoms with Crippen molar-refractivity contribution in [2.45, 2.75) is 19.9 Å². The van der Waals surface area contributed by atoms with Crippen molar-refractivity contribution >= 4 is 38.0 Å². The molecule has 1 aromatic carbocycles.